The van der Waals surface area contributed by atoms with Crippen LogP contribution in [-0.4, -0.2) is 6.04 Å². The normalized spacial score (nSPS) is 16.2. The highest BCUT2D eigenvalue weighted by atomic mass is 15.2. The maximum absolute atomic E-state index is 2.61. The Hall–Kier alpha value is -5.92. The van der Waals surface area contributed by atoms with E-state index in [0.29, 0.717) is 12.0 Å². The third-order valence-corrected chi connectivity index (χ3v) is 10.7. The Morgan fingerprint density at radius 2 is 1.02 bits per heavy atom. The Labute approximate surface area is 309 Å². The summed E-state index contributed by atoms with van der Waals surface area (Å²) >= 11 is 0. The average Bonchev–Trinajstić information content (AvgIpc) is 3.78. The Bertz CT molecular complexity index is 2160. The molecule has 254 valence electrons. The monoisotopic (exact) mass is 671 g/mol. The fraction of sp³-hybridized carbons (Fsp3) is 0.137. The summed E-state index contributed by atoms with van der Waals surface area (Å²) in [4.78, 5) is 2.61. The third-order valence-electron chi connectivity index (χ3n) is 10.7. The van der Waals surface area contributed by atoms with Gasteiger partial charge in [-0.3, -0.25) is 0 Å². The Balaban J connectivity index is 1.03. The van der Waals surface area contributed by atoms with E-state index in [4.69, 9.17) is 0 Å². The van der Waals surface area contributed by atoms with E-state index in [0.717, 1.165) is 0 Å². The number of benzene rings is 6. The number of hydrogen-bond donors (Lipinski definition) is 0. The molecule has 2 aliphatic rings. The van der Waals surface area contributed by atoms with Crippen LogP contribution in [0.1, 0.15) is 75.3 Å². The van der Waals surface area contributed by atoms with Crippen LogP contribution in [0.4, 0.5) is 11.4 Å². The molecule has 1 heteroatoms. The van der Waals surface area contributed by atoms with Gasteiger partial charge in [-0.05, 0) is 101 Å². The molecule has 2 unspecified atom stereocenters. The highest BCUT2D eigenvalue weighted by Gasteiger charge is 2.42. The molecule has 1 heterocycles. The van der Waals surface area contributed by atoms with Crippen molar-refractivity contribution >= 4 is 34.7 Å². The summed E-state index contributed by atoms with van der Waals surface area (Å²) in [6, 6.07) is 55.7. The summed E-state index contributed by atoms with van der Waals surface area (Å²) in [6.07, 6.45) is 17.1. The first-order valence-electron chi connectivity index (χ1n) is 18.7. The van der Waals surface area contributed by atoms with Gasteiger partial charge in [0.25, 0.3) is 0 Å². The first kappa shape index (κ1) is 33.2. The highest BCUT2D eigenvalue weighted by molar-refractivity contribution is 5.83. The van der Waals surface area contributed by atoms with Crippen molar-refractivity contribution in [2.45, 2.75) is 45.1 Å². The summed E-state index contributed by atoms with van der Waals surface area (Å²) in [7, 11) is 0. The van der Waals surface area contributed by atoms with Crippen molar-refractivity contribution in [1.29, 1.82) is 0 Å². The molecule has 0 aromatic heterocycles. The molecular weight excluding hydrogens is 627 g/mol. The highest BCUT2D eigenvalue weighted by Crippen LogP contribution is 2.52. The number of hydrogen-bond acceptors (Lipinski definition) is 1. The van der Waals surface area contributed by atoms with Crippen molar-refractivity contribution in [3.8, 4) is 0 Å². The van der Waals surface area contributed by atoms with Crippen molar-refractivity contribution in [2.75, 3.05) is 4.90 Å². The second-order valence-corrected chi connectivity index (χ2v) is 14.2. The zero-order valence-corrected chi connectivity index (χ0v) is 30.1. The summed E-state index contributed by atoms with van der Waals surface area (Å²) in [6.45, 7) is 4.28. The molecule has 0 amide bonds. The lowest BCUT2D eigenvalue weighted by Gasteiger charge is -2.27. The van der Waals surface area contributed by atoms with Crippen LogP contribution in [0.3, 0.4) is 0 Å². The molecule has 1 fully saturated rings. The topological polar surface area (TPSA) is 3.24 Å². The summed E-state index contributed by atoms with van der Waals surface area (Å²) < 4.78 is 0. The predicted octanol–water partition coefficient (Wildman–Crippen LogP) is 13.4. The number of anilines is 2. The molecule has 0 saturated heterocycles. The molecule has 1 aliphatic carbocycles. The van der Waals surface area contributed by atoms with Gasteiger partial charge in [0.2, 0.25) is 0 Å². The molecule has 6 aromatic carbocycles. The van der Waals surface area contributed by atoms with E-state index in [1.54, 1.807) is 0 Å². The standard InChI is InChI=1S/C51H45N/c1-37-22-29-43(30-23-37)47(44-31-24-38(2)25-32-44)18-9-12-39-26-33-45(34-27-39)52-50-21-11-20-48(50)49-36-40(28-35-51(49)52)13-10-19-46(41-14-5-3-6-15-41)42-16-7-4-8-17-42/h3-10,12-19,22-36,48,50H,11,20-21H2,1-2H3. The van der Waals surface area contributed by atoms with Gasteiger partial charge in [0.05, 0.1) is 0 Å². The minimum absolute atomic E-state index is 0.521. The largest absolute Gasteiger partial charge is 0.338 e. The van der Waals surface area contributed by atoms with E-state index in [2.05, 4.69) is 207 Å². The van der Waals surface area contributed by atoms with Gasteiger partial charge in [-0.25, -0.2) is 0 Å². The first-order chi connectivity index (χ1) is 25.6. The van der Waals surface area contributed by atoms with E-state index >= 15 is 0 Å². The van der Waals surface area contributed by atoms with E-state index in [1.807, 2.05) is 0 Å². The van der Waals surface area contributed by atoms with Crippen LogP contribution >= 0.6 is 0 Å². The van der Waals surface area contributed by atoms with Crippen molar-refractivity contribution < 1.29 is 0 Å². The van der Waals surface area contributed by atoms with Gasteiger partial charge < -0.3 is 4.90 Å². The van der Waals surface area contributed by atoms with Gasteiger partial charge in [-0.15, -0.1) is 0 Å². The molecule has 8 rings (SSSR count). The van der Waals surface area contributed by atoms with Crippen LogP contribution < -0.4 is 4.90 Å². The molecule has 0 spiro atoms. The summed E-state index contributed by atoms with van der Waals surface area (Å²) in [5.74, 6) is 0.578. The Kier molecular flexibility index (Phi) is 9.67. The number of aryl methyl sites for hydroxylation is 2. The van der Waals surface area contributed by atoms with Crippen molar-refractivity contribution in [3.05, 3.63) is 226 Å². The minimum atomic E-state index is 0.521. The SMILES string of the molecule is Cc1ccc(C(=CC=Cc2ccc(N3c4ccc(C=CC=C(c5ccccc5)c5ccccc5)cc4C4CCCC43)cc2)c2ccc(C)cc2)cc1. The molecule has 1 nitrogen and oxygen atoms in total. The lowest BCUT2D eigenvalue weighted by molar-refractivity contribution is 0.642. The number of nitrogens with zero attached hydrogens (tertiary/aromatic N) is 1. The average molecular weight is 672 g/mol. The smallest absolute Gasteiger partial charge is 0.0450 e. The quantitative estimate of drug-likeness (QED) is 0.138. The zero-order valence-electron chi connectivity index (χ0n) is 30.1. The van der Waals surface area contributed by atoms with Crippen LogP contribution in [-0.2, 0) is 0 Å². The van der Waals surface area contributed by atoms with Gasteiger partial charge in [-0.2, -0.15) is 0 Å². The van der Waals surface area contributed by atoms with E-state index < -0.39 is 0 Å². The van der Waals surface area contributed by atoms with Crippen LogP contribution in [0, 0.1) is 13.8 Å². The van der Waals surface area contributed by atoms with Crippen molar-refractivity contribution in [2.24, 2.45) is 0 Å². The molecule has 1 aliphatic heterocycles. The summed E-state index contributed by atoms with van der Waals surface area (Å²) in [5, 5.41) is 0. The van der Waals surface area contributed by atoms with Crippen molar-refractivity contribution in [1.82, 2.24) is 0 Å². The lowest BCUT2D eigenvalue weighted by atomic mass is 9.95. The number of fused-ring (bicyclic) bond motifs is 3. The van der Waals surface area contributed by atoms with Gasteiger partial charge in [0.15, 0.2) is 0 Å². The van der Waals surface area contributed by atoms with E-state index in [-0.39, 0.29) is 0 Å². The lowest BCUT2D eigenvalue weighted by Crippen LogP contribution is -2.26. The zero-order chi connectivity index (χ0) is 35.3. The molecule has 52 heavy (non-hydrogen) atoms. The third kappa shape index (κ3) is 7.13. The molecule has 2 atom stereocenters. The van der Waals surface area contributed by atoms with Crippen LogP contribution in [0.15, 0.2) is 176 Å². The Morgan fingerprint density at radius 3 is 1.58 bits per heavy atom. The second-order valence-electron chi connectivity index (χ2n) is 14.2. The van der Waals surface area contributed by atoms with Gasteiger partial charge in [-0.1, -0.05) is 181 Å². The fourth-order valence-electron chi connectivity index (χ4n) is 7.99. The van der Waals surface area contributed by atoms with Gasteiger partial charge >= 0.3 is 0 Å². The van der Waals surface area contributed by atoms with E-state index in [1.165, 1.54) is 91.9 Å². The van der Waals surface area contributed by atoms with Crippen LogP contribution in [0.2, 0.25) is 0 Å². The predicted molar refractivity (Wildman–Crippen MR) is 223 cm³/mol. The first-order valence-corrected chi connectivity index (χ1v) is 18.7. The maximum Gasteiger partial charge on any atom is 0.0450 e. The fourth-order valence-corrected chi connectivity index (χ4v) is 7.99. The van der Waals surface area contributed by atoms with Gasteiger partial charge in [0, 0.05) is 23.3 Å². The van der Waals surface area contributed by atoms with E-state index in [9.17, 15) is 0 Å². The molecule has 0 N–H and O–H groups in total. The Morgan fingerprint density at radius 1 is 0.519 bits per heavy atom. The molecule has 0 radical (unpaired) electrons. The minimum Gasteiger partial charge on any atom is -0.338 e. The summed E-state index contributed by atoms with van der Waals surface area (Å²) in [5.41, 5.74) is 16.5. The molecule has 1 saturated carbocycles. The molecule has 0 bridgehead atoms. The molecule has 6 aromatic rings. The molecular formula is C51H45N. The van der Waals surface area contributed by atoms with Gasteiger partial charge in [0.1, 0.15) is 0 Å². The maximum atomic E-state index is 2.61. The van der Waals surface area contributed by atoms with Crippen LogP contribution in [0.25, 0.3) is 23.3 Å². The van der Waals surface area contributed by atoms with Crippen molar-refractivity contribution in [3.63, 3.8) is 0 Å². The number of allylic oxidation sites excluding steroid dienone is 4. The second kappa shape index (κ2) is 15.1. The van der Waals surface area contributed by atoms with Crippen LogP contribution in [0.5, 0.6) is 0 Å². The number of rotatable bonds is 9.